The summed E-state index contributed by atoms with van der Waals surface area (Å²) in [5, 5.41) is 13.8. The van der Waals surface area contributed by atoms with Gasteiger partial charge in [0.15, 0.2) is 5.82 Å². The molecule has 1 aromatic heterocycles. The summed E-state index contributed by atoms with van der Waals surface area (Å²) in [4.78, 5) is 25.9. The summed E-state index contributed by atoms with van der Waals surface area (Å²) in [5.74, 6) is 0.798. The molecule has 22 heavy (non-hydrogen) atoms. The molecule has 0 bridgehead atoms. The molecule has 0 unspecified atom stereocenters. The van der Waals surface area contributed by atoms with Gasteiger partial charge in [0.05, 0.1) is 11.7 Å². The highest BCUT2D eigenvalue weighted by Crippen LogP contribution is 2.38. The number of aromatic nitrogens is 2. The molecule has 2 fully saturated rings. The smallest absolute Gasteiger partial charge is 0.324 e. The number of amides is 3. The lowest BCUT2D eigenvalue weighted by atomic mass is 10.0. The van der Waals surface area contributed by atoms with E-state index in [4.69, 9.17) is 0 Å². The Balaban J connectivity index is 1.70. The number of hydrogen-bond donors (Lipinski definition) is 2. The number of carbonyl (C=O) groups is 2. The molecule has 0 radical (unpaired) electrons. The Bertz CT molecular complexity index is 584. The van der Waals surface area contributed by atoms with Gasteiger partial charge in [-0.1, -0.05) is 0 Å². The third kappa shape index (κ3) is 2.75. The molecular weight excluding hydrogens is 282 g/mol. The maximum Gasteiger partial charge on any atom is 0.324 e. The Morgan fingerprint density at radius 3 is 2.59 bits per heavy atom. The average Bonchev–Trinajstić information content (AvgIpc) is 3.31. The normalized spacial score (nSPS) is 28.2. The molecule has 1 saturated carbocycles. The minimum atomic E-state index is -0.509. The number of nitrogens with zero attached hydrogens (tertiary/aromatic N) is 3. The van der Waals surface area contributed by atoms with Gasteiger partial charge >= 0.3 is 6.03 Å². The topological polar surface area (TPSA) is 87.2 Å². The summed E-state index contributed by atoms with van der Waals surface area (Å²) in [5.41, 5.74) is 0.978. The van der Waals surface area contributed by atoms with E-state index in [1.807, 2.05) is 19.9 Å². The lowest BCUT2D eigenvalue weighted by molar-refractivity contribution is -0.129. The minimum Gasteiger partial charge on any atom is -0.350 e. The third-order valence-corrected chi connectivity index (χ3v) is 4.48. The van der Waals surface area contributed by atoms with Gasteiger partial charge in [-0.15, -0.1) is 5.10 Å². The van der Waals surface area contributed by atoms with Gasteiger partial charge in [0, 0.05) is 12.0 Å². The van der Waals surface area contributed by atoms with Crippen LogP contribution in [0.3, 0.4) is 0 Å². The van der Waals surface area contributed by atoms with Crippen LogP contribution in [0.2, 0.25) is 0 Å². The van der Waals surface area contributed by atoms with Crippen molar-refractivity contribution in [2.75, 3.05) is 5.32 Å². The van der Waals surface area contributed by atoms with E-state index in [1.54, 1.807) is 17.9 Å². The number of hydrogen-bond acceptors (Lipinski definition) is 4. The monoisotopic (exact) mass is 303 g/mol. The Labute approximate surface area is 129 Å². The Morgan fingerprint density at radius 1 is 1.27 bits per heavy atom. The van der Waals surface area contributed by atoms with E-state index >= 15 is 0 Å². The molecule has 7 nitrogen and oxygen atoms in total. The highest BCUT2D eigenvalue weighted by Gasteiger charge is 2.38. The van der Waals surface area contributed by atoms with Crippen molar-refractivity contribution in [1.82, 2.24) is 20.4 Å². The standard InChI is InChI=1S/C15H21N5O2/c1-8-9(2)20(10(3)14(21)16-8)15(22)17-13-7-6-12(18-19-13)11-4-5-11/h6-11H,4-5H2,1-3H3,(H,16,21)(H,17,19,22)/t8-,9-,10+/m0/s1. The maximum absolute atomic E-state index is 12.5. The van der Waals surface area contributed by atoms with Crippen LogP contribution in [-0.2, 0) is 4.79 Å². The molecule has 1 saturated heterocycles. The number of rotatable bonds is 2. The van der Waals surface area contributed by atoms with Gasteiger partial charge in [0.2, 0.25) is 5.91 Å². The van der Waals surface area contributed by atoms with Crippen LogP contribution in [0.25, 0.3) is 0 Å². The molecule has 3 amide bonds. The first-order valence-corrected chi connectivity index (χ1v) is 7.70. The summed E-state index contributed by atoms with van der Waals surface area (Å²) in [6, 6.07) is 2.66. The van der Waals surface area contributed by atoms with Gasteiger partial charge in [0.1, 0.15) is 6.04 Å². The van der Waals surface area contributed by atoms with Crippen LogP contribution >= 0.6 is 0 Å². The largest absolute Gasteiger partial charge is 0.350 e. The van der Waals surface area contributed by atoms with Gasteiger partial charge in [-0.05, 0) is 45.7 Å². The number of anilines is 1. The molecule has 2 aliphatic rings. The fourth-order valence-corrected chi connectivity index (χ4v) is 2.73. The molecule has 0 spiro atoms. The van der Waals surface area contributed by atoms with E-state index in [1.165, 1.54) is 0 Å². The molecule has 1 aliphatic heterocycles. The quantitative estimate of drug-likeness (QED) is 0.866. The molecule has 1 aromatic rings. The molecule has 7 heteroatoms. The van der Waals surface area contributed by atoms with E-state index < -0.39 is 6.04 Å². The van der Waals surface area contributed by atoms with Gasteiger partial charge in [0.25, 0.3) is 0 Å². The van der Waals surface area contributed by atoms with Gasteiger partial charge < -0.3 is 10.2 Å². The van der Waals surface area contributed by atoms with Crippen molar-refractivity contribution in [1.29, 1.82) is 0 Å². The van der Waals surface area contributed by atoms with E-state index in [2.05, 4.69) is 20.8 Å². The second kappa shape index (κ2) is 5.55. The average molecular weight is 303 g/mol. The highest BCUT2D eigenvalue weighted by molar-refractivity contribution is 5.94. The van der Waals surface area contributed by atoms with Crippen LogP contribution < -0.4 is 10.6 Å². The first-order chi connectivity index (χ1) is 10.5. The summed E-state index contributed by atoms with van der Waals surface area (Å²) in [6.45, 7) is 5.53. The van der Waals surface area contributed by atoms with Crippen LogP contribution in [0.4, 0.5) is 10.6 Å². The summed E-state index contributed by atoms with van der Waals surface area (Å²) < 4.78 is 0. The Hall–Kier alpha value is -2.18. The Kier molecular flexibility index (Phi) is 3.72. The number of nitrogens with one attached hydrogen (secondary N) is 2. The molecule has 2 N–H and O–H groups in total. The lowest BCUT2D eigenvalue weighted by Gasteiger charge is -2.41. The first-order valence-electron chi connectivity index (χ1n) is 7.70. The van der Waals surface area contributed by atoms with Crippen molar-refractivity contribution in [3.63, 3.8) is 0 Å². The van der Waals surface area contributed by atoms with Crippen LogP contribution in [0, 0.1) is 0 Å². The van der Waals surface area contributed by atoms with Crippen molar-refractivity contribution >= 4 is 17.8 Å². The van der Waals surface area contributed by atoms with Crippen molar-refractivity contribution < 1.29 is 9.59 Å². The van der Waals surface area contributed by atoms with E-state index in [-0.39, 0.29) is 24.0 Å². The fourth-order valence-electron chi connectivity index (χ4n) is 2.73. The minimum absolute atomic E-state index is 0.0854. The molecule has 0 aromatic carbocycles. The zero-order valence-electron chi connectivity index (χ0n) is 13.0. The molecule has 118 valence electrons. The third-order valence-electron chi connectivity index (χ3n) is 4.48. The maximum atomic E-state index is 12.5. The predicted octanol–water partition coefficient (Wildman–Crippen LogP) is 1.48. The lowest BCUT2D eigenvalue weighted by Crippen LogP contribution is -2.65. The van der Waals surface area contributed by atoms with Crippen molar-refractivity contribution in [2.45, 2.75) is 57.7 Å². The van der Waals surface area contributed by atoms with Crippen LogP contribution in [0.5, 0.6) is 0 Å². The SMILES string of the molecule is C[C@@H]1NC(=O)[C@@H](C)N(C(=O)Nc2ccc(C3CC3)nn2)[C@H]1C. The molecule has 3 atom stereocenters. The molecular formula is C15H21N5O2. The van der Waals surface area contributed by atoms with E-state index in [0.717, 1.165) is 18.5 Å². The number of carbonyl (C=O) groups excluding carboxylic acids is 2. The first kappa shape index (κ1) is 14.7. The summed E-state index contributed by atoms with van der Waals surface area (Å²) >= 11 is 0. The number of urea groups is 1. The molecule has 1 aliphatic carbocycles. The predicted molar refractivity (Wildman–Crippen MR) is 81.4 cm³/mol. The second-order valence-corrected chi connectivity index (χ2v) is 6.17. The summed E-state index contributed by atoms with van der Waals surface area (Å²) in [6.07, 6.45) is 2.33. The van der Waals surface area contributed by atoms with Gasteiger partial charge in [-0.25, -0.2) is 4.79 Å². The second-order valence-electron chi connectivity index (χ2n) is 6.17. The van der Waals surface area contributed by atoms with Crippen LogP contribution in [-0.4, -0.2) is 45.2 Å². The van der Waals surface area contributed by atoms with Crippen LogP contribution in [0.1, 0.15) is 45.2 Å². The Morgan fingerprint density at radius 2 is 2.00 bits per heavy atom. The van der Waals surface area contributed by atoms with Crippen LogP contribution in [0.15, 0.2) is 12.1 Å². The number of piperazine rings is 1. The zero-order valence-corrected chi connectivity index (χ0v) is 13.0. The molecule has 3 rings (SSSR count). The highest BCUT2D eigenvalue weighted by atomic mass is 16.2. The molecule has 2 heterocycles. The van der Waals surface area contributed by atoms with Crippen molar-refractivity contribution in [3.05, 3.63) is 17.8 Å². The van der Waals surface area contributed by atoms with Gasteiger partial charge in [-0.3, -0.25) is 10.1 Å². The van der Waals surface area contributed by atoms with E-state index in [0.29, 0.717) is 11.7 Å². The van der Waals surface area contributed by atoms with Crippen molar-refractivity contribution in [3.8, 4) is 0 Å². The van der Waals surface area contributed by atoms with Gasteiger partial charge in [-0.2, -0.15) is 5.10 Å². The zero-order chi connectivity index (χ0) is 15.9. The van der Waals surface area contributed by atoms with E-state index in [9.17, 15) is 9.59 Å². The fraction of sp³-hybridized carbons (Fsp3) is 0.600. The van der Waals surface area contributed by atoms with Crippen molar-refractivity contribution in [2.24, 2.45) is 0 Å². The summed E-state index contributed by atoms with van der Waals surface area (Å²) in [7, 11) is 0.